The summed E-state index contributed by atoms with van der Waals surface area (Å²) in [5.41, 5.74) is 0.308. The van der Waals surface area contributed by atoms with Gasteiger partial charge in [0, 0.05) is 31.0 Å². The van der Waals surface area contributed by atoms with Gasteiger partial charge in [0.2, 0.25) is 5.91 Å². The summed E-state index contributed by atoms with van der Waals surface area (Å²) in [6.07, 6.45) is 8.28. The number of morpholine rings is 1. The lowest BCUT2D eigenvalue weighted by Crippen LogP contribution is -2.60. The molecule has 1 N–H and O–H groups in total. The van der Waals surface area contributed by atoms with E-state index in [1.165, 1.54) is 19.3 Å². The van der Waals surface area contributed by atoms with Crippen molar-refractivity contribution in [2.45, 2.75) is 157 Å². The van der Waals surface area contributed by atoms with Gasteiger partial charge in [0.15, 0.2) is 6.29 Å². The van der Waals surface area contributed by atoms with E-state index < -0.39 is 6.10 Å². The first-order valence-electron chi connectivity index (χ1n) is 20.9. The van der Waals surface area contributed by atoms with Gasteiger partial charge < -0.3 is 33.9 Å². The van der Waals surface area contributed by atoms with Gasteiger partial charge in [-0.15, -0.1) is 0 Å². The van der Waals surface area contributed by atoms with Crippen molar-refractivity contribution in [1.82, 2.24) is 9.80 Å². The van der Waals surface area contributed by atoms with Crippen molar-refractivity contribution in [3.63, 3.8) is 0 Å². The van der Waals surface area contributed by atoms with E-state index in [1.54, 1.807) is 4.90 Å². The number of likely N-dealkylation sites (tertiary alicyclic amines) is 1. The first-order valence-corrected chi connectivity index (χ1v) is 20.9. The van der Waals surface area contributed by atoms with E-state index in [0.717, 1.165) is 51.6 Å². The number of hydrogen-bond donors (Lipinski definition) is 1. The minimum Gasteiger partial charge on any atom is -0.443 e. The number of fused-ring (bicyclic) bond motifs is 4. The van der Waals surface area contributed by atoms with Crippen molar-refractivity contribution >= 4 is 12.0 Å². The summed E-state index contributed by atoms with van der Waals surface area (Å²) in [6, 6.07) is 0. The van der Waals surface area contributed by atoms with Crippen LogP contribution in [0.2, 0.25) is 0 Å². The largest absolute Gasteiger partial charge is 0.443 e. The summed E-state index contributed by atoms with van der Waals surface area (Å²) in [4.78, 5) is 29.5. The van der Waals surface area contributed by atoms with E-state index >= 15 is 0 Å². The number of carbonyl (C=O) groups excluding carboxylic acids is 2. The molecule has 5 aliphatic carbocycles. The molecule has 8 rings (SSSR count). The molecule has 8 aliphatic rings. The summed E-state index contributed by atoms with van der Waals surface area (Å²) in [5.74, 6) is 1.98. The van der Waals surface area contributed by atoms with Crippen LogP contribution in [0.3, 0.4) is 0 Å². The van der Waals surface area contributed by atoms with Gasteiger partial charge in [-0.1, -0.05) is 62.3 Å². The van der Waals surface area contributed by atoms with Gasteiger partial charge in [0.05, 0.1) is 37.6 Å². The zero-order valence-corrected chi connectivity index (χ0v) is 33.1. The van der Waals surface area contributed by atoms with Crippen LogP contribution in [0.4, 0.5) is 4.79 Å². The van der Waals surface area contributed by atoms with E-state index in [4.69, 9.17) is 18.9 Å². The molecule has 1 unspecified atom stereocenters. The molecular formula is C42H68N2O7. The van der Waals surface area contributed by atoms with Crippen LogP contribution in [0.5, 0.6) is 0 Å². The van der Waals surface area contributed by atoms with Gasteiger partial charge in [-0.3, -0.25) is 4.79 Å². The number of nitrogens with zero attached hydrogens (tertiary/aromatic N) is 2. The smallest absolute Gasteiger partial charge is 0.410 e. The molecule has 8 fully saturated rings. The highest BCUT2D eigenvalue weighted by atomic mass is 16.7. The third kappa shape index (κ3) is 5.04. The molecule has 3 aliphatic heterocycles. The molecular weight excluding hydrogens is 644 g/mol. The molecule has 9 heteroatoms. The molecule has 9 nitrogen and oxygen atoms in total. The topological polar surface area (TPSA) is 97.8 Å². The van der Waals surface area contributed by atoms with Gasteiger partial charge in [-0.25, -0.2) is 4.79 Å². The Bertz CT molecular complexity index is 1380. The molecule has 0 aromatic carbocycles. The number of rotatable bonds is 6. The second-order valence-corrected chi connectivity index (χ2v) is 20.4. The fraction of sp³-hybridized carbons (Fsp3) is 0.952. The molecule has 3 heterocycles. The van der Waals surface area contributed by atoms with E-state index in [9.17, 15) is 14.7 Å². The number of carbonyl (C=O) groups is 2. The van der Waals surface area contributed by atoms with E-state index in [2.05, 4.69) is 48.5 Å². The van der Waals surface area contributed by atoms with Crippen LogP contribution < -0.4 is 0 Å². The molecule has 288 valence electrons. The summed E-state index contributed by atoms with van der Waals surface area (Å²) >= 11 is 0. The Labute approximate surface area is 307 Å². The molecule has 3 saturated heterocycles. The quantitative estimate of drug-likeness (QED) is 0.320. The highest BCUT2D eigenvalue weighted by Crippen LogP contribution is 2.89. The van der Waals surface area contributed by atoms with Gasteiger partial charge >= 0.3 is 6.09 Å². The van der Waals surface area contributed by atoms with Crippen LogP contribution in [0, 0.1) is 62.6 Å². The molecule has 0 aromatic heterocycles. The average Bonchev–Trinajstić information content (AvgIpc) is 3.68. The molecule has 14 atom stereocenters. The standard InChI is InChI=1S/C42H68N2O7/c1-24(2)33(51-37(47)43-17-10-18-43)27-21-26(5)32-34(49-27)35(45)40(9)29-12-11-28-38(6,7)30(50-31-22-44(19-20-48-31)36(46)25(3)4)13-14-41(28)23-42(29,41)16-15-39(32,40)8/h24-35,45H,10-23H2,1-9H3/t26-,27-,28+,29+,30+,31+,32+,33-,34+,35+,39-,40-,41-,42?/m1/s1. The van der Waals surface area contributed by atoms with Crippen LogP contribution in [-0.2, 0) is 23.7 Å². The highest BCUT2D eigenvalue weighted by Gasteiger charge is 2.84. The number of aliphatic hydroxyl groups excluding tert-OH is 1. The monoisotopic (exact) mass is 713 g/mol. The number of hydrogen-bond acceptors (Lipinski definition) is 7. The zero-order valence-electron chi connectivity index (χ0n) is 33.1. The van der Waals surface area contributed by atoms with Crippen LogP contribution in [-0.4, -0.2) is 96.5 Å². The van der Waals surface area contributed by atoms with Crippen LogP contribution in [0.25, 0.3) is 0 Å². The maximum Gasteiger partial charge on any atom is 0.410 e. The van der Waals surface area contributed by atoms with Gasteiger partial charge in [-0.05, 0) is 109 Å². The third-order valence-electron chi connectivity index (χ3n) is 17.3. The van der Waals surface area contributed by atoms with Gasteiger partial charge in [0.25, 0.3) is 0 Å². The number of amides is 2. The Balaban J connectivity index is 1.01. The summed E-state index contributed by atoms with van der Waals surface area (Å²) in [7, 11) is 0. The Hall–Kier alpha value is -1.42. The number of ether oxygens (including phenoxy) is 4. The molecule has 2 amide bonds. The summed E-state index contributed by atoms with van der Waals surface area (Å²) in [5, 5.41) is 12.7. The molecule has 0 aromatic rings. The SMILES string of the molecule is CC(C)C(=O)N1CCO[C@@H](O[C@H]2CC[C@]34CC35CC[C@]3(C)[C@@H]6[C@H](O[C@@H]([C@H](OC(=O)N7CCC7)C(C)C)C[C@H]6C)[C@H](O)[C@@]3(C)[C@@H]5CC[C@H]4C2(C)C)C1. The fourth-order valence-electron chi connectivity index (χ4n) is 14.5. The predicted molar refractivity (Wildman–Crippen MR) is 193 cm³/mol. The van der Waals surface area contributed by atoms with E-state index in [1.807, 2.05) is 18.7 Å². The summed E-state index contributed by atoms with van der Waals surface area (Å²) in [6.45, 7) is 23.6. The van der Waals surface area contributed by atoms with Crippen molar-refractivity contribution in [3.05, 3.63) is 0 Å². The Kier molecular flexibility index (Phi) is 8.81. The molecule has 51 heavy (non-hydrogen) atoms. The first kappa shape index (κ1) is 36.6. The van der Waals surface area contributed by atoms with Crippen molar-refractivity contribution in [2.75, 3.05) is 32.8 Å². The van der Waals surface area contributed by atoms with Crippen molar-refractivity contribution in [2.24, 2.45) is 62.6 Å². The second-order valence-electron chi connectivity index (χ2n) is 20.4. The van der Waals surface area contributed by atoms with Crippen molar-refractivity contribution < 1.29 is 33.6 Å². The van der Waals surface area contributed by atoms with Crippen LogP contribution >= 0.6 is 0 Å². The minimum atomic E-state index is -0.541. The highest BCUT2D eigenvalue weighted by molar-refractivity contribution is 5.78. The lowest BCUT2D eigenvalue weighted by molar-refractivity contribution is -0.248. The van der Waals surface area contributed by atoms with E-state index in [0.29, 0.717) is 42.9 Å². The molecule has 0 radical (unpaired) electrons. The Morgan fingerprint density at radius 3 is 2.27 bits per heavy atom. The minimum absolute atomic E-state index is 0.00541. The van der Waals surface area contributed by atoms with Gasteiger partial charge in [-0.2, -0.15) is 0 Å². The molecule has 5 saturated carbocycles. The normalized spacial score (nSPS) is 48.8. The average molecular weight is 713 g/mol. The fourth-order valence-corrected chi connectivity index (χ4v) is 14.5. The molecule has 2 spiro atoms. The lowest BCUT2D eigenvalue weighted by atomic mass is 9.41. The Morgan fingerprint density at radius 1 is 0.902 bits per heavy atom. The van der Waals surface area contributed by atoms with Gasteiger partial charge in [0.1, 0.15) is 6.10 Å². The first-order chi connectivity index (χ1) is 24.0. The molecule has 0 bridgehead atoms. The Morgan fingerprint density at radius 2 is 1.61 bits per heavy atom. The van der Waals surface area contributed by atoms with Crippen molar-refractivity contribution in [3.8, 4) is 0 Å². The third-order valence-corrected chi connectivity index (χ3v) is 17.3. The van der Waals surface area contributed by atoms with Crippen LogP contribution in [0.15, 0.2) is 0 Å². The van der Waals surface area contributed by atoms with Crippen molar-refractivity contribution in [1.29, 1.82) is 0 Å². The van der Waals surface area contributed by atoms with E-state index in [-0.39, 0.29) is 82.1 Å². The summed E-state index contributed by atoms with van der Waals surface area (Å²) < 4.78 is 26.2. The predicted octanol–water partition coefficient (Wildman–Crippen LogP) is 6.89. The van der Waals surface area contributed by atoms with Crippen LogP contribution in [0.1, 0.15) is 120 Å². The second kappa shape index (κ2) is 12.3. The lowest BCUT2D eigenvalue weighted by Gasteiger charge is -2.64. The number of aliphatic hydroxyl groups is 1. The zero-order chi connectivity index (χ0) is 36.5. The maximum absolute atomic E-state index is 13.0. The maximum atomic E-state index is 13.0.